The summed E-state index contributed by atoms with van der Waals surface area (Å²) < 4.78 is 23.2. The number of carbonyl (C=O) groups excluding carboxylic acids is 1. The molecule has 7 nitrogen and oxygen atoms in total. The molecule has 6 atom stereocenters. The van der Waals surface area contributed by atoms with Crippen molar-refractivity contribution in [3.8, 4) is 0 Å². The molecule has 2 aliphatic heterocycles. The van der Waals surface area contributed by atoms with Crippen molar-refractivity contribution in [2.45, 2.75) is 69.5 Å². The summed E-state index contributed by atoms with van der Waals surface area (Å²) in [5.74, 6) is -1.93. The molecule has 1 spiro atoms. The van der Waals surface area contributed by atoms with E-state index in [1.54, 1.807) is 7.11 Å². The standard InChI is InChI=1S/C20H28O7/c1-12(2)5-6-14-19(3,27-14)18-17(24-4)13(9-10-20(18)11-25-20)26-16(23)8-7-15(21)22/h5,7-8,13-14,17-18H,6,9-11H2,1-4H3,(H,21,22)/b8-7+/t13?,14-,17-,18-,19-,20+/m1/s1. The lowest BCUT2D eigenvalue weighted by Crippen LogP contribution is -2.55. The van der Waals surface area contributed by atoms with E-state index >= 15 is 0 Å². The molecule has 3 rings (SSSR count). The molecule has 1 aliphatic carbocycles. The first-order valence-electron chi connectivity index (χ1n) is 9.31. The highest BCUT2D eigenvalue weighted by Gasteiger charge is 2.72. The van der Waals surface area contributed by atoms with Crippen LogP contribution in [0.2, 0.25) is 0 Å². The summed E-state index contributed by atoms with van der Waals surface area (Å²) in [6.45, 7) is 6.85. The van der Waals surface area contributed by atoms with Gasteiger partial charge in [0.1, 0.15) is 23.4 Å². The topological polar surface area (TPSA) is 97.9 Å². The van der Waals surface area contributed by atoms with E-state index in [2.05, 4.69) is 26.8 Å². The number of ether oxygens (including phenoxy) is 4. The molecular weight excluding hydrogens is 352 g/mol. The highest BCUT2D eigenvalue weighted by atomic mass is 16.6. The monoisotopic (exact) mass is 380 g/mol. The maximum absolute atomic E-state index is 12.0. The normalized spacial score (nSPS) is 40.0. The van der Waals surface area contributed by atoms with Crippen molar-refractivity contribution in [2.24, 2.45) is 5.92 Å². The van der Waals surface area contributed by atoms with Crippen LogP contribution >= 0.6 is 0 Å². The Morgan fingerprint density at radius 3 is 2.56 bits per heavy atom. The summed E-state index contributed by atoms with van der Waals surface area (Å²) >= 11 is 0. The lowest BCUT2D eigenvalue weighted by molar-refractivity contribution is -0.166. The first-order valence-corrected chi connectivity index (χ1v) is 9.31. The molecule has 27 heavy (non-hydrogen) atoms. The Balaban J connectivity index is 1.74. The van der Waals surface area contributed by atoms with Crippen LogP contribution < -0.4 is 0 Å². The predicted molar refractivity (Wildman–Crippen MR) is 96.2 cm³/mol. The van der Waals surface area contributed by atoms with Crippen molar-refractivity contribution < 1.29 is 33.6 Å². The average molecular weight is 380 g/mol. The highest BCUT2D eigenvalue weighted by molar-refractivity contribution is 5.90. The molecule has 0 radical (unpaired) electrons. The van der Waals surface area contributed by atoms with Crippen LogP contribution in [0.3, 0.4) is 0 Å². The van der Waals surface area contributed by atoms with Gasteiger partial charge in [-0.1, -0.05) is 11.6 Å². The zero-order chi connectivity index (χ0) is 19.8. The minimum Gasteiger partial charge on any atom is -0.478 e. The summed E-state index contributed by atoms with van der Waals surface area (Å²) in [6.07, 6.45) is 5.30. The number of esters is 1. The fourth-order valence-corrected chi connectivity index (χ4v) is 4.40. The predicted octanol–water partition coefficient (Wildman–Crippen LogP) is 2.25. The zero-order valence-corrected chi connectivity index (χ0v) is 16.3. The summed E-state index contributed by atoms with van der Waals surface area (Å²) in [6, 6.07) is 0. The number of rotatable bonds is 7. The van der Waals surface area contributed by atoms with E-state index in [0.29, 0.717) is 13.0 Å². The van der Waals surface area contributed by atoms with Crippen LogP contribution in [0, 0.1) is 5.92 Å². The van der Waals surface area contributed by atoms with Crippen molar-refractivity contribution in [3.05, 3.63) is 23.8 Å². The SMILES string of the molecule is CO[C@@H]1C(OC(=O)/C=C/C(=O)O)CC[C@]2(CO2)[C@H]1[C@]1(C)O[C@@H]1CC=C(C)C. The van der Waals surface area contributed by atoms with Crippen LogP contribution in [-0.4, -0.2) is 60.3 Å². The Labute approximate surface area is 159 Å². The number of allylic oxidation sites excluding steroid dienone is 1. The molecule has 0 bridgehead atoms. The van der Waals surface area contributed by atoms with E-state index in [-0.39, 0.29) is 23.7 Å². The van der Waals surface area contributed by atoms with Gasteiger partial charge in [0.25, 0.3) is 0 Å². The van der Waals surface area contributed by atoms with Gasteiger partial charge in [0.2, 0.25) is 0 Å². The smallest absolute Gasteiger partial charge is 0.331 e. The molecule has 7 heteroatoms. The van der Waals surface area contributed by atoms with Crippen LogP contribution in [0.4, 0.5) is 0 Å². The van der Waals surface area contributed by atoms with E-state index in [1.807, 2.05) is 0 Å². The van der Waals surface area contributed by atoms with Gasteiger partial charge in [-0.05, 0) is 40.0 Å². The van der Waals surface area contributed by atoms with Crippen LogP contribution in [0.5, 0.6) is 0 Å². The third-order valence-corrected chi connectivity index (χ3v) is 5.87. The van der Waals surface area contributed by atoms with E-state index in [9.17, 15) is 9.59 Å². The van der Waals surface area contributed by atoms with Crippen LogP contribution in [-0.2, 0) is 28.5 Å². The largest absolute Gasteiger partial charge is 0.478 e. The van der Waals surface area contributed by atoms with E-state index in [4.69, 9.17) is 24.1 Å². The Hall–Kier alpha value is -1.70. The highest BCUT2D eigenvalue weighted by Crippen LogP contribution is 2.59. The quantitative estimate of drug-likeness (QED) is 0.313. The molecule has 150 valence electrons. The average Bonchev–Trinajstić information content (AvgIpc) is 3.50. The Kier molecular flexibility index (Phi) is 5.47. The number of carboxylic acids is 1. The lowest BCUT2D eigenvalue weighted by Gasteiger charge is -2.42. The van der Waals surface area contributed by atoms with Gasteiger partial charge in [0.15, 0.2) is 0 Å². The molecule has 0 aromatic heterocycles. The summed E-state index contributed by atoms with van der Waals surface area (Å²) in [4.78, 5) is 22.6. The van der Waals surface area contributed by atoms with Gasteiger partial charge in [-0.25, -0.2) is 9.59 Å². The number of hydrogen-bond donors (Lipinski definition) is 1. The number of epoxide rings is 2. The van der Waals surface area contributed by atoms with Crippen LogP contribution in [0.15, 0.2) is 23.8 Å². The first-order chi connectivity index (χ1) is 12.7. The second-order valence-corrected chi connectivity index (χ2v) is 8.02. The molecule has 1 N–H and O–H groups in total. The van der Waals surface area contributed by atoms with Gasteiger partial charge >= 0.3 is 11.9 Å². The van der Waals surface area contributed by atoms with E-state index in [0.717, 1.165) is 25.0 Å². The molecule has 3 aliphatic rings. The zero-order valence-electron chi connectivity index (χ0n) is 16.3. The second kappa shape index (κ2) is 7.37. The van der Waals surface area contributed by atoms with Gasteiger partial charge < -0.3 is 24.1 Å². The van der Waals surface area contributed by atoms with Crippen molar-refractivity contribution in [1.29, 1.82) is 0 Å². The Morgan fingerprint density at radius 2 is 2.00 bits per heavy atom. The van der Waals surface area contributed by atoms with Gasteiger partial charge in [-0.15, -0.1) is 0 Å². The third kappa shape index (κ3) is 4.10. The molecule has 3 fully saturated rings. The maximum atomic E-state index is 12.0. The summed E-state index contributed by atoms with van der Waals surface area (Å²) in [5.41, 5.74) is 0.564. The van der Waals surface area contributed by atoms with Crippen LogP contribution in [0.25, 0.3) is 0 Å². The molecule has 1 unspecified atom stereocenters. The molecule has 0 aromatic rings. The maximum Gasteiger partial charge on any atom is 0.331 e. The fourth-order valence-electron chi connectivity index (χ4n) is 4.40. The van der Waals surface area contributed by atoms with Crippen molar-refractivity contribution in [1.82, 2.24) is 0 Å². The van der Waals surface area contributed by atoms with Crippen molar-refractivity contribution in [3.63, 3.8) is 0 Å². The molecule has 1 saturated carbocycles. The van der Waals surface area contributed by atoms with Gasteiger partial charge in [0, 0.05) is 19.3 Å². The second-order valence-electron chi connectivity index (χ2n) is 8.02. The molecular formula is C20H28O7. The summed E-state index contributed by atoms with van der Waals surface area (Å²) in [7, 11) is 1.60. The Morgan fingerprint density at radius 1 is 1.30 bits per heavy atom. The molecule has 0 amide bonds. The van der Waals surface area contributed by atoms with Gasteiger partial charge in [-0.2, -0.15) is 0 Å². The third-order valence-electron chi connectivity index (χ3n) is 5.87. The molecule has 2 heterocycles. The van der Waals surface area contributed by atoms with Gasteiger partial charge in [0.05, 0.1) is 18.6 Å². The van der Waals surface area contributed by atoms with Crippen molar-refractivity contribution in [2.75, 3.05) is 13.7 Å². The molecule has 0 aromatic carbocycles. The van der Waals surface area contributed by atoms with E-state index < -0.39 is 23.6 Å². The Bertz CT molecular complexity index is 659. The minimum absolute atomic E-state index is 0.0550. The first kappa shape index (κ1) is 20.0. The molecule has 2 saturated heterocycles. The van der Waals surface area contributed by atoms with E-state index in [1.165, 1.54) is 5.57 Å². The lowest BCUT2D eigenvalue weighted by atomic mass is 9.68. The number of carboxylic acid groups (broad SMARTS) is 1. The minimum atomic E-state index is -1.19. The number of carbonyl (C=O) groups is 2. The van der Waals surface area contributed by atoms with Crippen LogP contribution in [0.1, 0.15) is 40.0 Å². The van der Waals surface area contributed by atoms with Crippen molar-refractivity contribution >= 4 is 11.9 Å². The number of hydrogen-bond acceptors (Lipinski definition) is 6. The fraction of sp³-hybridized carbons (Fsp3) is 0.700. The van der Waals surface area contributed by atoms with Gasteiger partial charge in [-0.3, -0.25) is 0 Å². The number of methoxy groups -OCH3 is 1. The summed E-state index contributed by atoms with van der Waals surface area (Å²) in [5, 5.41) is 8.66. The number of aliphatic carboxylic acids is 1.